The van der Waals surface area contributed by atoms with Gasteiger partial charge in [-0.05, 0) is 75.9 Å². The molecule has 6 nitrogen and oxygen atoms in total. The fraction of sp³-hybridized carbons (Fsp3) is 0.400. The maximum absolute atomic E-state index is 13.6. The Bertz CT molecular complexity index is 1070. The van der Waals surface area contributed by atoms with Gasteiger partial charge in [0, 0.05) is 35.6 Å². The molecule has 4 rings (SSSR count). The second-order valence-corrected chi connectivity index (χ2v) is 8.01. The van der Waals surface area contributed by atoms with E-state index in [9.17, 15) is 4.79 Å². The number of hydrogen-bond donors (Lipinski definition) is 1. The molecule has 31 heavy (non-hydrogen) atoms. The van der Waals surface area contributed by atoms with Crippen LogP contribution >= 0.6 is 0 Å². The number of nitrogens with zero attached hydrogens (tertiary/aromatic N) is 3. The van der Waals surface area contributed by atoms with Crippen molar-refractivity contribution in [3.63, 3.8) is 0 Å². The molecule has 0 bridgehead atoms. The van der Waals surface area contributed by atoms with Crippen molar-refractivity contribution < 1.29 is 9.53 Å². The number of hydrogen-bond acceptors (Lipinski definition) is 5. The summed E-state index contributed by atoms with van der Waals surface area (Å²) in [6, 6.07) is 12.0. The molecule has 0 radical (unpaired) electrons. The average Bonchev–Trinajstić information content (AvgIpc) is 2.80. The first-order valence-corrected chi connectivity index (χ1v) is 11.2. The summed E-state index contributed by atoms with van der Waals surface area (Å²) in [7, 11) is 0. The first-order valence-electron chi connectivity index (χ1n) is 11.2. The van der Waals surface area contributed by atoms with Gasteiger partial charge >= 0.3 is 0 Å². The van der Waals surface area contributed by atoms with Crippen molar-refractivity contribution in [3.8, 4) is 5.75 Å². The molecule has 2 aromatic heterocycles. The van der Waals surface area contributed by atoms with Gasteiger partial charge in [0.05, 0.1) is 17.9 Å². The van der Waals surface area contributed by atoms with Gasteiger partial charge in [-0.2, -0.15) is 0 Å². The molecule has 1 saturated heterocycles. The molecule has 0 saturated carbocycles. The van der Waals surface area contributed by atoms with Crippen LogP contribution in [0.4, 0.5) is 11.4 Å². The normalized spacial score (nSPS) is 16.4. The molecule has 0 spiro atoms. The fourth-order valence-electron chi connectivity index (χ4n) is 4.26. The second kappa shape index (κ2) is 9.33. The number of likely N-dealkylation sites (tertiary alicyclic amines) is 1. The van der Waals surface area contributed by atoms with Crippen LogP contribution in [-0.4, -0.2) is 40.0 Å². The number of anilines is 2. The van der Waals surface area contributed by atoms with Gasteiger partial charge in [0.15, 0.2) is 5.65 Å². The molecule has 0 aliphatic carbocycles. The summed E-state index contributed by atoms with van der Waals surface area (Å²) in [6.07, 6.45) is 5.93. The third-order valence-corrected chi connectivity index (χ3v) is 5.89. The van der Waals surface area contributed by atoms with Crippen LogP contribution in [-0.2, 0) is 0 Å². The maximum atomic E-state index is 13.6. The van der Waals surface area contributed by atoms with Crippen LogP contribution < -0.4 is 10.1 Å². The third kappa shape index (κ3) is 4.48. The lowest BCUT2D eigenvalue weighted by molar-refractivity contribution is 0.0609. The summed E-state index contributed by atoms with van der Waals surface area (Å²) in [5.41, 5.74) is 3.76. The van der Waals surface area contributed by atoms with Crippen LogP contribution in [0.15, 0.2) is 42.6 Å². The Morgan fingerprint density at radius 3 is 2.71 bits per heavy atom. The zero-order chi connectivity index (χ0) is 21.8. The zero-order valence-electron chi connectivity index (χ0n) is 18.5. The summed E-state index contributed by atoms with van der Waals surface area (Å²) < 4.78 is 5.55. The number of aromatic nitrogens is 2. The highest BCUT2D eigenvalue weighted by molar-refractivity contribution is 6.07. The number of pyridine rings is 2. The third-order valence-electron chi connectivity index (χ3n) is 5.89. The van der Waals surface area contributed by atoms with Crippen molar-refractivity contribution in [1.29, 1.82) is 0 Å². The van der Waals surface area contributed by atoms with E-state index >= 15 is 0 Å². The SMILES string of the molecule is CCOc1ccc(Nc2c(C(=O)N3CCCC[C@H]3CC)cnc3nc(C)ccc23)cc1. The van der Waals surface area contributed by atoms with Crippen LogP contribution in [0.25, 0.3) is 11.0 Å². The van der Waals surface area contributed by atoms with Crippen molar-refractivity contribution in [2.75, 3.05) is 18.5 Å². The van der Waals surface area contributed by atoms with Crippen LogP contribution in [0.5, 0.6) is 5.75 Å². The first kappa shape index (κ1) is 21.1. The highest BCUT2D eigenvalue weighted by Crippen LogP contribution is 2.32. The molecule has 3 heterocycles. The number of amides is 1. The number of rotatable bonds is 6. The zero-order valence-corrected chi connectivity index (χ0v) is 18.5. The largest absolute Gasteiger partial charge is 0.494 e. The molecule has 162 valence electrons. The van der Waals surface area contributed by atoms with E-state index in [0.29, 0.717) is 17.8 Å². The number of aryl methyl sites for hydroxylation is 1. The predicted octanol–water partition coefficient (Wildman–Crippen LogP) is 5.49. The Kier molecular flexibility index (Phi) is 6.35. The Morgan fingerprint density at radius 2 is 1.97 bits per heavy atom. The van der Waals surface area contributed by atoms with E-state index in [4.69, 9.17) is 4.74 Å². The topological polar surface area (TPSA) is 67.3 Å². The number of fused-ring (bicyclic) bond motifs is 1. The van der Waals surface area contributed by atoms with Crippen molar-refractivity contribution in [2.45, 2.75) is 52.5 Å². The summed E-state index contributed by atoms with van der Waals surface area (Å²) in [5.74, 6) is 0.857. The number of carbonyl (C=O) groups is 1. The quantitative estimate of drug-likeness (QED) is 0.574. The van der Waals surface area contributed by atoms with E-state index in [-0.39, 0.29) is 11.9 Å². The van der Waals surface area contributed by atoms with Gasteiger partial charge in [0.2, 0.25) is 0 Å². The number of nitrogens with one attached hydrogen (secondary N) is 1. The maximum Gasteiger partial charge on any atom is 0.257 e. The molecule has 0 unspecified atom stereocenters. The van der Waals surface area contributed by atoms with E-state index in [1.54, 1.807) is 6.20 Å². The first-order chi connectivity index (χ1) is 15.1. The lowest BCUT2D eigenvalue weighted by Gasteiger charge is -2.35. The number of carbonyl (C=O) groups excluding carboxylic acids is 1. The lowest BCUT2D eigenvalue weighted by Crippen LogP contribution is -2.43. The lowest BCUT2D eigenvalue weighted by atomic mass is 9.98. The highest BCUT2D eigenvalue weighted by atomic mass is 16.5. The molecular weight excluding hydrogens is 388 g/mol. The molecule has 3 aromatic rings. The van der Waals surface area contributed by atoms with E-state index in [2.05, 4.69) is 22.2 Å². The number of ether oxygens (including phenoxy) is 1. The predicted molar refractivity (Wildman–Crippen MR) is 124 cm³/mol. The fourth-order valence-corrected chi connectivity index (χ4v) is 4.26. The van der Waals surface area contributed by atoms with Crippen LogP contribution in [0.3, 0.4) is 0 Å². The Balaban J connectivity index is 1.76. The van der Waals surface area contributed by atoms with E-state index in [1.807, 2.05) is 55.1 Å². The molecule has 1 aromatic carbocycles. The van der Waals surface area contributed by atoms with Crippen LogP contribution in [0.2, 0.25) is 0 Å². The van der Waals surface area contributed by atoms with Gasteiger partial charge in [-0.15, -0.1) is 0 Å². The molecule has 1 atom stereocenters. The Morgan fingerprint density at radius 1 is 1.16 bits per heavy atom. The van der Waals surface area contributed by atoms with Crippen molar-refractivity contribution in [3.05, 3.63) is 53.9 Å². The molecular formula is C25H30N4O2. The summed E-state index contributed by atoms with van der Waals surface area (Å²) in [5, 5.41) is 4.32. The second-order valence-electron chi connectivity index (χ2n) is 8.01. The molecule has 1 fully saturated rings. The monoisotopic (exact) mass is 418 g/mol. The van der Waals surface area contributed by atoms with Crippen LogP contribution in [0.1, 0.15) is 55.6 Å². The highest BCUT2D eigenvalue weighted by Gasteiger charge is 2.28. The number of benzene rings is 1. The Hall–Kier alpha value is -3.15. The number of piperidine rings is 1. The van der Waals surface area contributed by atoms with E-state index in [0.717, 1.165) is 54.0 Å². The van der Waals surface area contributed by atoms with Gasteiger partial charge in [-0.3, -0.25) is 4.79 Å². The molecule has 1 aliphatic rings. The summed E-state index contributed by atoms with van der Waals surface area (Å²) in [6.45, 7) is 7.48. The van der Waals surface area contributed by atoms with Crippen molar-refractivity contribution >= 4 is 28.3 Å². The van der Waals surface area contributed by atoms with Gasteiger partial charge in [-0.1, -0.05) is 6.92 Å². The molecule has 6 heteroatoms. The van der Waals surface area contributed by atoms with Gasteiger partial charge in [0.25, 0.3) is 5.91 Å². The van der Waals surface area contributed by atoms with Crippen molar-refractivity contribution in [2.24, 2.45) is 0 Å². The van der Waals surface area contributed by atoms with Crippen LogP contribution in [0, 0.1) is 6.92 Å². The molecule has 1 N–H and O–H groups in total. The molecule has 1 amide bonds. The van der Waals surface area contributed by atoms with Crippen molar-refractivity contribution in [1.82, 2.24) is 14.9 Å². The molecule has 1 aliphatic heterocycles. The summed E-state index contributed by atoms with van der Waals surface area (Å²) in [4.78, 5) is 24.8. The summed E-state index contributed by atoms with van der Waals surface area (Å²) >= 11 is 0. The van der Waals surface area contributed by atoms with Gasteiger partial charge in [0.1, 0.15) is 5.75 Å². The van der Waals surface area contributed by atoms with E-state index in [1.165, 1.54) is 6.42 Å². The van der Waals surface area contributed by atoms with Gasteiger partial charge in [-0.25, -0.2) is 9.97 Å². The minimum absolute atomic E-state index is 0.0370. The Labute approximate surface area is 183 Å². The van der Waals surface area contributed by atoms with Gasteiger partial charge < -0.3 is 15.0 Å². The standard InChI is InChI=1S/C25H30N4O2/c1-4-19-8-6-7-15-29(19)25(30)22-16-26-24-21(14-9-17(3)27-24)23(22)28-18-10-12-20(13-11-18)31-5-2/h9-14,16,19H,4-8,15H2,1-3H3,(H,26,27,28)/t19-/m1/s1. The van der Waals surface area contributed by atoms with E-state index < -0.39 is 0 Å². The minimum atomic E-state index is 0.0370. The minimum Gasteiger partial charge on any atom is -0.494 e. The average molecular weight is 419 g/mol. The smallest absolute Gasteiger partial charge is 0.257 e.